The second-order valence-electron chi connectivity index (χ2n) is 8.38. The highest BCUT2D eigenvalue weighted by Crippen LogP contribution is 2.33. The predicted octanol–water partition coefficient (Wildman–Crippen LogP) is 2.32. The Morgan fingerprint density at radius 2 is 2.10 bits per heavy atom. The Labute approximate surface area is 176 Å². The van der Waals surface area contributed by atoms with Gasteiger partial charge in [-0.3, -0.25) is 14.6 Å². The fraction of sp³-hybridized carbons (Fsp3) is 0.545. The van der Waals surface area contributed by atoms with Crippen LogP contribution in [0.25, 0.3) is 10.9 Å². The average Bonchev–Trinajstić information content (AvgIpc) is 2.73. The fourth-order valence-corrected chi connectivity index (χ4v) is 3.85. The minimum atomic E-state index is -0.438. The number of pyridine rings is 2. The van der Waals surface area contributed by atoms with Crippen LogP contribution in [0.1, 0.15) is 48.7 Å². The molecule has 8 heteroatoms. The lowest BCUT2D eigenvalue weighted by Crippen LogP contribution is -2.44. The number of Topliss-reactive ketones (excluding diaryl/α,β-unsaturated/α-hetero) is 1. The van der Waals surface area contributed by atoms with Crippen molar-refractivity contribution < 1.29 is 9.53 Å². The minimum absolute atomic E-state index is 0.0417. The van der Waals surface area contributed by atoms with E-state index >= 15 is 0 Å². The van der Waals surface area contributed by atoms with Crippen LogP contribution in [-0.2, 0) is 4.74 Å². The van der Waals surface area contributed by atoms with Crippen molar-refractivity contribution in [3.8, 4) is 6.07 Å². The monoisotopic (exact) mass is 411 g/mol. The topological polar surface area (TPSA) is 102 Å². The third-order valence-corrected chi connectivity index (χ3v) is 5.91. The number of methoxy groups -OCH3 is 1. The summed E-state index contributed by atoms with van der Waals surface area (Å²) in [5.41, 5.74) is 0.887. The van der Waals surface area contributed by atoms with Crippen LogP contribution in [-0.4, -0.2) is 67.1 Å². The molecule has 160 valence electrons. The summed E-state index contributed by atoms with van der Waals surface area (Å²) in [6.07, 6.45) is 4.23. The van der Waals surface area contributed by atoms with Crippen molar-refractivity contribution in [2.45, 2.75) is 38.2 Å². The highest BCUT2D eigenvalue weighted by Gasteiger charge is 2.32. The molecule has 3 rings (SSSR count). The molecule has 2 aromatic rings. The zero-order valence-electron chi connectivity index (χ0n) is 18.1. The van der Waals surface area contributed by atoms with Gasteiger partial charge in [-0.2, -0.15) is 5.26 Å². The Morgan fingerprint density at radius 1 is 1.40 bits per heavy atom. The van der Waals surface area contributed by atoms with E-state index in [0.29, 0.717) is 41.8 Å². The fourth-order valence-electron chi connectivity index (χ4n) is 3.85. The quantitative estimate of drug-likeness (QED) is 0.698. The van der Waals surface area contributed by atoms with Gasteiger partial charge in [0.2, 0.25) is 0 Å². The summed E-state index contributed by atoms with van der Waals surface area (Å²) >= 11 is 0. The van der Waals surface area contributed by atoms with Crippen LogP contribution < -0.4 is 10.5 Å². The summed E-state index contributed by atoms with van der Waals surface area (Å²) in [6, 6.07) is 3.77. The van der Waals surface area contributed by atoms with Gasteiger partial charge in [0.1, 0.15) is 17.3 Å². The number of carbonyl (C=O) groups excluding carboxylic acids is 1. The van der Waals surface area contributed by atoms with Crippen molar-refractivity contribution >= 4 is 22.4 Å². The second kappa shape index (κ2) is 8.94. The van der Waals surface area contributed by atoms with Gasteiger partial charge in [-0.05, 0) is 52.9 Å². The summed E-state index contributed by atoms with van der Waals surface area (Å²) in [7, 11) is 5.65. The van der Waals surface area contributed by atoms with Crippen molar-refractivity contribution in [2.75, 3.05) is 45.7 Å². The van der Waals surface area contributed by atoms with Gasteiger partial charge in [0, 0.05) is 32.0 Å². The molecule has 0 spiro atoms. The molecular formula is C22H29N5O3. The molecule has 3 heterocycles. The molecule has 1 saturated heterocycles. The van der Waals surface area contributed by atoms with E-state index in [0.717, 1.165) is 25.8 Å². The standard InChI is InChI=1S/C22H29N5O3/c1-22(30-4)7-10-27(11-8-22)20-15-12-17(19(28)6-5-9-26(2)3)24-14-18(15)25-21(29)16(20)13-23/h12,14H,5-11H2,1-4H3,(H,25,29). The number of ether oxygens (including phenoxy) is 1. The Bertz CT molecular complexity index is 1030. The number of H-pyrrole nitrogens is 1. The van der Waals surface area contributed by atoms with Gasteiger partial charge in [0.25, 0.3) is 5.56 Å². The molecule has 0 bridgehead atoms. The van der Waals surface area contributed by atoms with Gasteiger partial charge < -0.3 is 19.5 Å². The van der Waals surface area contributed by atoms with E-state index in [9.17, 15) is 14.9 Å². The number of nitrogens with one attached hydrogen (secondary N) is 1. The lowest BCUT2D eigenvalue weighted by atomic mass is 9.92. The van der Waals surface area contributed by atoms with Crippen molar-refractivity contribution in [3.63, 3.8) is 0 Å². The van der Waals surface area contributed by atoms with E-state index in [1.165, 1.54) is 6.20 Å². The lowest BCUT2D eigenvalue weighted by molar-refractivity contribution is -0.0132. The zero-order valence-corrected chi connectivity index (χ0v) is 18.1. The van der Waals surface area contributed by atoms with Crippen molar-refractivity contribution in [2.24, 2.45) is 0 Å². The van der Waals surface area contributed by atoms with Gasteiger partial charge >= 0.3 is 0 Å². The van der Waals surface area contributed by atoms with E-state index in [1.54, 1.807) is 13.2 Å². The van der Waals surface area contributed by atoms with Crippen LogP contribution in [0.15, 0.2) is 17.1 Å². The maximum Gasteiger partial charge on any atom is 0.268 e. The number of hydrogen-bond donors (Lipinski definition) is 1. The summed E-state index contributed by atoms with van der Waals surface area (Å²) in [6.45, 7) is 4.21. The molecular weight excluding hydrogens is 382 g/mol. The summed E-state index contributed by atoms with van der Waals surface area (Å²) in [5.74, 6) is -0.0417. The Kier molecular flexibility index (Phi) is 6.54. The van der Waals surface area contributed by atoms with Crippen molar-refractivity contribution in [3.05, 3.63) is 33.9 Å². The van der Waals surface area contributed by atoms with Gasteiger partial charge in [0.05, 0.1) is 23.0 Å². The third-order valence-electron chi connectivity index (χ3n) is 5.91. The third kappa shape index (κ3) is 4.53. The van der Waals surface area contributed by atoms with Gasteiger partial charge in [-0.25, -0.2) is 0 Å². The molecule has 1 aliphatic heterocycles. The van der Waals surface area contributed by atoms with E-state index < -0.39 is 5.56 Å². The first-order valence-corrected chi connectivity index (χ1v) is 10.2. The molecule has 0 aliphatic carbocycles. The number of ketones is 1. The van der Waals surface area contributed by atoms with E-state index in [1.807, 2.05) is 19.0 Å². The Balaban J connectivity index is 2.00. The molecule has 8 nitrogen and oxygen atoms in total. The van der Waals surface area contributed by atoms with E-state index in [2.05, 4.69) is 27.9 Å². The van der Waals surface area contributed by atoms with E-state index in [4.69, 9.17) is 4.74 Å². The maximum atomic E-state index is 12.7. The van der Waals surface area contributed by atoms with Crippen LogP contribution in [0.5, 0.6) is 0 Å². The maximum absolute atomic E-state index is 12.7. The summed E-state index contributed by atoms with van der Waals surface area (Å²) in [5, 5.41) is 10.4. The number of rotatable bonds is 7. The van der Waals surface area contributed by atoms with Crippen molar-refractivity contribution in [1.29, 1.82) is 5.26 Å². The number of piperidine rings is 1. The first-order valence-electron chi connectivity index (χ1n) is 10.2. The van der Waals surface area contributed by atoms with Crippen LogP contribution in [0.2, 0.25) is 0 Å². The Hall–Kier alpha value is -2.76. The first kappa shape index (κ1) is 21.9. The molecule has 0 amide bonds. The highest BCUT2D eigenvalue weighted by molar-refractivity contribution is 6.01. The number of hydrogen-bond acceptors (Lipinski definition) is 7. The lowest BCUT2D eigenvalue weighted by Gasteiger charge is -2.40. The molecule has 30 heavy (non-hydrogen) atoms. The number of fused-ring (bicyclic) bond motifs is 1. The molecule has 0 saturated carbocycles. The molecule has 1 N–H and O–H groups in total. The molecule has 0 atom stereocenters. The molecule has 0 unspecified atom stereocenters. The first-order chi connectivity index (χ1) is 14.3. The second-order valence-corrected chi connectivity index (χ2v) is 8.38. The minimum Gasteiger partial charge on any atom is -0.378 e. The largest absolute Gasteiger partial charge is 0.378 e. The SMILES string of the molecule is COC1(C)CCN(c2c(C#N)c(=O)[nH]c3cnc(C(=O)CCCN(C)C)cc23)CC1. The van der Waals surface area contributed by atoms with Crippen LogP contribution in [0, 0.1) is 11.3 Å². The molecule has 0 radical (unpaired) electrons. The molecule has 1 fully saturated rings. The van der Waals surface area contributed by atoms with Crippen LogP contribution in [0.3, 0.4) is 0 Å². The zero-order chi connectivity index (χ0) is 21.9. The van der Waals surface area contributed by atoms with Gasteiger partial charge in [-0.15, -0.1) is 0 Å². The van der Waals surface area contributed by atoms with Crippen LogP contribution >= 0.6 is 0 Å². The molecule has 1 aliphatic rings. The van der Waals surface area contributed by atoms with Crippen LogP contribution in [0.4, 0.5) is 5.69 Å². The number of nitriles is 1. The van der Waals surface area contributed by atoms with Crippen molar-refractivity contribution in [1.82, 2.24) is 14.9 Å². The normalized spacial score (nSPS) is 16.1. The number of aromatic amines is 1. The average molecular weight is 412 g/mol. The number of carbonyl (C=O) groups is 1. The molecule has 0 aromatic carbocycles. The van der Waals surface area contributed by atoms with Gasteiger partial charge in [0.15, 0.2) is 5.78 Å². The molecule has 2 aromatic heterocycles. The number of anilines is 1. The highest BCUT2D eigenvalue weighted by atomic mass is 16.5. The number of nitrogens with zero attached hydrogens (tertiary/aromatic N) is 4. The van der Waals surface area contributed by atoms with Gasteiger partial charge in [-0.1, -0.05) is 0 Å². The summed E-state index contributed by atoms with van der Waals surface area (Å²) in [4.78, 5) is 36.2. The smallest absolute Gasteiger partial charge is 0.268 e. The number of aromatic nitrogens is 2. The Morgan fingerprint density at radius 3 is 2.70 bits per heavy atom. The summed E-state index contributed by atoms with van der Waals surface area (Å²) < 4.78 is 5.62. The predicted molar refractivity (Wildman–Crippen MR) is 116 cm³/mol. The van der Waals surface area contributed by atoms with E-state index in [-0.39, 0.29) is 16.9 Å².